The van der Waals surface area contributed by atoms with Gasteiger partial charge in [0.15, 0.2) is 12.2 Å². The molecule has 0 aromatic carbocycles. The second-order valence-electron chi connectivity index (χ2n) is 6.31. The van der Waals surface area contributed by atoms with Gasteiger partial charge in [-0.1, -0.05) is 5.21 Å². The summed E-state index contributed by atoms with van der Waals surface area (Å²) in [6, 6.07) is -0.836. The maximum Gasteiger partial charge on any atom is 0.191 e. The van der Waals surface area contributed by atoms with Crippen molar-refractivity contribution in [2.75, 3.05) is 32.2 Å². The van der Waals surface area contributed by atoms with Gasteiger partial charge in [-0.15, -0.1) is 16.7 Å². The predicted molar refractivity (Wildman–Crippen MR) is 95.3 cm³/mol. The highest BCUT2D eigenvalue weighted by Gasteiger charge is 2.46. The van der Waals surface area contributed by atoms with Gasteiger partial charge in [0.05, 0.1) is 26.0 Å². The van der Waals surface area contributed by atoms with E-state index in [-0.39, 0.29) is 12.5 Å². The van der Waals surface area contributed by atoms with Crippen LogP contribution in [-0.2, 0) is 16.0 Å². The third-order valence-electron chi connectivity index (χ3n) is 4.41. The van der Waals surface area contributed by atoms with Crippen molar-refractivity contribution in [2.24, 2.45) is 4.99 Å². The van der Waals surface area contributed by atoms with Crippen LogP contribution in [0.1, 0.15) is 18.2 Å². The first-order valence-electron chi connectivity index (χ1n) is 8.87. The first kappa shape index (κ1) is 20.2. The molecule has 11 nitrogen and oxygen atoms in total. The minimum Gasteiger partial charge on any atom is -0.394 e. The number of guanidine groups is 1. The lowest BCUT2D eigenvalue weighted by molar-refractivity contribution is -0.280. The lowest BCUT2D eigenvalue weighted by atomic mass is 9.97. The zero-order chi connectivity index (χ0) is 19.2. The highest BCUT2D eigenvalue weighted by molar-refractivity contribution is 6.17. The summed E-state index contributed by atoms with van der Waals surface area (Å²) in [4.78, 5) is 4.32. The third-order valence-corrected chi connectivity index (χ3v) is 4.56. The van der Waals surface area contributed by atoms with Gasteiger partial charge in [0, 0.05) is 19.0 Å². The van der Waals surface area contributed by atoms with Gasteiger partial charge in [0.1, 0.15) is 30.0 Å². The van der Waals surface area contributed by atoms with Crippen LogP contribution >= 0.6 is 11.6 Å². The summed E-state index contributed by atoms with van der Waals surface area (Å²) < 4.78 is 12.5. The van der Waals surface area contributed by atoms with Gasteiger partial charge >= 0.3 is 0 Å². The van der Waals surface area contributed by atoms with Crippen LogP contribution in [0.4, 0.5) is 0 Å². The standard InChI is InChI=1S/C15H25ClN6O5/c16-2-5-26-14-11(13(25)12(24)10(8-23)27-14)22-7-9(20-21-22)6-19-15-17-3-1-4-18-15/h7,10-14,23-25H,1-6,8H2,(H2,17,18,19)/t10?,11-,12-,13-,14?/m1/s1. The number of hydrogen-bond donors (Lipinski definition) is 5. The van der Waals surface area contributed by atoms with E-state index in [9.17, 15) is 15.3 Å². The lowest BCUT2D eigenvalue weighted by Crippen LogP contribution is -2.57. The summed E-state index contributed by atoms with van der Waals surface area (Å²) in [5, 5.41) is 44.4. The monoisotopic (exact) mass is 404 g/mol. The number of aromatic nitrogens is 3. The Hall–Kier alpha value is -1.50. The number of aliphatic hydroxyl groups is 3. The van der Waals surface area contributed by atoms with Crippen molar-refractivity contribution in [2.45, 2.75) is 43.6 Å². The fraction of sp³-hybridized carbons (Fsp3) is 0.800. The number of nitrogens with zero attached hydrogens (tertiary/aromatic N) is 4. The number of aliphatic hydroxyl groups excluding tert-OH is 3. The van der Waals surface area contributed by atoms with Gasteiger partial charge in [-0.3, -0.25) is 4.99 Å². The quantitative estimate of drug-likeness (QED) is 0.324. The number of halogens is 1. The zero-order valence-electron chi connectivity index (χ0n) is 14.7. The van der Waals surface area contributed by atoms with Crippen LogP contribution in [-0.4, -0.2) is 93.1 Å². The molecule has 1 saturated heterocycles. The minimum atomic E-state index is -1.29. The maximum absolute atomic E-state index is 10.5. The number of ether oxygens (including phenoxy) is 2. The first-order valence-corrected chi connectivity index (χ1v) is 9.40. The van der Waals surface area contributed by atoms with Gasteiger partial charge in [-0.25, -0.2) is 4.68 Å². The van der Waals surface area contributed by atoms with E-state index >= 15 is 0 Å². The molecule has 5 atom stereocenters. The van der Waals surface area contributed by atoms with Crippen LogP contribution in [0.15, 0.2) is 11.2 Å². The van der Waals surface area contributed by atoms with Gasteiger partial charge in [0.2, 0.25) is 0 Å². The fourth-order valence-corrected chi connectivity index (χ4v) is 3.10. The Morgan fingerprint density at radius 1 is 1.41 bits per heavy atom. The van der Waals surface area contributed by atoms with Crippen molar-refractivity contribution < 1.29 is 24.8 Å². The molecular formula is C15H25ClN6O5. The number of aliphatic imine (C=N–C) groups is 1. The summed E-state index contributed by atoms with van der Waals surface area (Å²) in [6.07, 6.45) is -1.81. The summed E-state index contributed by atoms with van der Waals surface area (Å²) in [5.74, 6) is 0.942. The van der Waals surface area contributed by atoms with Gasteiger partial charge in [-0.2, -0.15) is 0 Å². The van der Waals surface area contributed by atoms with E-state index in [1.807, 2.05) is 0 Å². The third kappa shape index (κ3) is 4.86. The topological polar surface area (TPSA) is 146 Å². The van der Waals surface area contributed by atoms with Crippen molar-refractivity contribution in [3.05, 3.63) is 11.9 Å². The molecule has 0 aliphatic carbocycles. The Morgan fingerprint density at radius 2 is 2.26 bits per heavy atom. The smallest absolute Gasteiger partial charge is 0.191 e. The normalized spacial score (nSPS) is 31.3. The van der Waals surface area contributed by atoms with Crippen LogP contribution in [0.2, 0.25) is 0 Å². The highest BCUT2D eigenvalue weighted by atomic mass is 35.5. The Morgan fingerprint density at radius 3 is 2.96 bits per heavy atom. The molecule has 0 amide bonds. The second-order valence-corrected chi connectivity index (χ2v) is 6.69. The molecule has 3 heterocycles. The number of rotatable bonds is 7. The summed E-state index contributed by atoms with van der Waals surface area (Å²) >= 11 is 5.67. The zero-order valence-corrected chi connectivity index (χ0v) is 15.5. The number of nitrogens with one attached hydrogen (secondary N) is 2. The van der Waals surface area contributed by atoms with Crippen LogP contribution < -0.4 is 10.6 Å². The van der Waals surface area contributed by atoms with Crippen molar-refractivity contribution in [1.82, 2.24) is 25.6 Å². The van der Waals surface area contributed by atoms with E-state index in [0.717, 1.165) is 19.5 Å². The molecule has 2 aliphatic rings. The van der Waals surface area contributed by atoms with E-state index in [2.05, 4.69) is 25.9 Å². The molecule has 2 aliphatic heterocycles. The molecule has 1 fully saturated rings. The summed E-state index contributed by atoms with van der Waals surface area (Å²) in [5.41, 5.74) is 0.618. The van der Waals surface area contributed by atoms with Gasteiger partial charge in [0.25, 0.3) is 0 Å². The Balaban J connectivity index is 1.69. The lowest BCUT2D eigenvalue weighted by Gasteiger charge is -2.41. The molecular weight excluding hydrogens is 380 g/mol. The molecule has 0 saturated carbocycles. The molecule has 0 spiro atoms. The summed E-state index contributed by atoms with van der Waals surface area (Å²) in [6.45, 7) is 1.76. The Bertz CT molecular complexity index is 632. The van der Waals surface area contributed by atoms with E-state index in [1.54, 1.807) is 6.20 Å². The molecule has 152 valence electrons. The SMILES string of the molecule is OCC1OC(OCCCl)[C@H](n2cc(CNC3=NCCCN3)nn2)[C@@H](O)[C@@H]1O. The molecule has 1 aromatic heterocycles. The Labute approximate surface area is 161 Å². The van der Waals surface area contributed by atoms with Crippen molar-refractivity contribution in [3.63, 3.8) is 0 Å². The van der Waals surface area contributed by atoms with Crippen molar-refractivity contribution >= 4 is 17.6 Å². The average Bonchev–Trinajstić information content (AvgIpc) is 3.16. The van der Waals surface area contributed by atoms with Crippen molar-refractivity contribution in [1.29, 1.82) is 0 Å². The summed E-state index contributed by atoms with van der Waals surface area (Å²) in [7, 11) is 0. The highest BCUT2D eigenvalue weighted by Crippen LogP contribution is 2.30. The van der Waals surface area contributed by atoms with E-state index in [0.29, 0.717) is 18.2 Å². The molecule has 1 aromatic rings. The fourth-order valence-electron chi connectivity index (χ4n) is 3.01. The molecule has 5 N–H and O–H groups in total. The second kappa shape index (κ2) is 9.62. The molecule has 27 heavy (non-hydrogen) atoms. The van der Waals surface area contributed by atoms with Crippen LogP contribution in [0.25, 0.3) is 0 Å². The maximum atomic E-state index is 10.5. The van der Waals surface area contributed by atoms with Crippen LogP contribution in [0, 0.1) is 0 Å². The average molecular weight is 405 g/mol. The molecule has 2 unspecified atom stereocenters. The van der Waals surface area contributed by atoms with E-state index in [1.165, 1.54) is 4.68 Å². The van der Waals surface area contributed by atoms with E-state index < -0.39 is 37.3 Å². The van der Waals surface area contributed by atoms with Crippen LogP contribution in [0.5, 0.6) is 0 Å². The van der Waals surface area contributed by atoms with Gasteiger partial charge < -0.3 is 35.4 Å². The minimum absolute atomic E-state index is 0.179. The Kier molecular flexibility index (Phi) is 7.21. The predicted octanol–water partition coefficient (Wildman–Crippen LogP) is -2.05. The van der Waals surface area contributed by atoms with Gasteiger partial charge in [-0.05, 0) is 6.42 Å². The largest absolute Gasteiger partial charge is 0.394 e. The van der Waals surface area contributed by atoms with Crippen molar-refractivity contribution in [3.8, 4) is 0 Å². The molecule has 0 bridgehead atoms. The number of alkyl halides is 1. The first-order chi connectivity index (χ1) is 13.1. The molecule has 12 heteroatoms. The number of hydrogen-bond acceptors (Lipinski definition) is 10. The van der Waals surface area contributed by atoms with E-state index in [4.69, 9.17) is 21.1 Å². The molecule has 0 radical (unpaired) electrons. The van der Waals surface area contributed by atoms with Crippen LogP contribution in [0.3, 0.4) is 0 Å². The molecule has 3 rings (SSSR count).